The van der Waals surface area contributed by atoms with Gasteiger partial charge in [-0.15, -0.1) is 0 Å². The molecule has 0 aliphatic heterocycles. The molecule has 0 heterocycles. The summed E-state index contributed by atoms with van der Waals surface area (Å²) in [6.07, 6.45) is 7.57. The van der Waals surface area contributed by atoms with Gasteiger partial charge in [0.1, 0.15) is 0 Å². The number of methoxy groups -OCH3 is 1. The molecule has 2 nitrogen and oxygen atoms in total. The Morgan fingerprint density at radius 2 is 1.76 bits per heavy atom. The predicted molar refractivity (Wildman–Crippen MR) is 89.8 cm³/mol. The van der Waals surface area contributed by atoms with Crippen molar-refractivity contribution in [2.75, 3.05) is 13.7 Å². The van der Waals surface area contributed by atoms with E-state index in [1.54, 1.807) is 0 Å². The first-order chi connectivity index (χ1) is 10.1. The quantitative estimate of drug-likeness (QED) is 0.794. The summed E-state index contributed by atoms with van der Waals surface area (Å²) in [5.41, 5.74) is 4.06. The van der Waals surface area contributed by atoms with Gasteiger partial charge in [0, 0.05) is 7.11 Å². The van der Waals surface area contributed by atoms with Crippen LogP contribution in [0.3, 0.4) is 0 Å². The summed E-state index contributed by atoms with van der Waals surface area (Å²) in [5, 5.41) is 3.71. The van der Waals surface area contributed by atoms with Crippen molar-refractivity contribution in [1.82, 2.24) is 5.32 Å². The number of aryl methyl sites for hydroxylation is 2. The molecule has 1 N–H and O–H groups in total. The van der Waals surface area contributed by atoms with Gasteiger partial charge < -0.3 is 10.1 Å². The molecular weight excluding hydrogens is 258 g/mol. The molecule has 1 unspecified atom stereocenters. The van der Waals surface area contributed by atoms with Crippen molar-refractivity contribution in [3.63, 3.8) is 0 Å². The maximum absolute atomic E-state index is 6.14. The van der Waals surface area contributed by atoms with Crippen LogP contribution in [0.4, 0.5) is 0 Å². The molecule has 0 aromatic heterocycles. The molecule has 0 spiro atoms. The van der Waals surface area contributed by atoms with Gasteiger partial charge in [0.2, 0.25) is 0 Å². The predicted octanol–water partition coefficient (Wildman–Crippen LogP) is 4.69. The second-order valence-corrected chi connectivity index (χ2v) is 6.52. The van der Waals surface area contributed by atoms with Gasteiger partial charge in [0.15, 0.2) is 0 Å². The fourth-order valence-corrected chi connectivity index (χ4v) is 3.69. The maximum Gasteiger partial charge on any atom is 0.0872 e. The Morgan fingerprint density at radius 3 is 2.29 bits per heavy atom. The Hall–Kier alpha value is -0.860. The van der Waals surface area contributed by atoms with Crippen molar-refractivity contribution < 1.29 is 4.74 Å². The number of benzene rings is 1. The van der Waals surface area contributed by atoms with Crippen LogP contribution >= 0.6 is 0 Å². The lowest BCUT2D eigenvalue weighted by Crippen LogP contribution is -2.45. The smallest absolute Gasteiger partial charge is 0.0872 e. The third-order valence-corrected chi connectivity index (χ3v) is 5.16. The third kappa shape index (κ3) is 3.67. The Labute approximate surface area is 130 Å². The van der Waals surface area contributed by atoms with Crippen molar-refractivity contribution in [1.29, 1.82) is 0 Å². The van der Waals surface area contributed by atoms with Crippen LogP contribution in [-0.4, -0.2) is 19.3 Å². The molecule has 1 atom stereocenters. The first-order valence-corrected chi connectivity index (χ1v) is 8.48. The van der Waals surface area contributed by atoms with Gasteiger partial charge in [0.25, 0.3) is 0 Å². The molecule has 2 rings (SSSR count). The summed E-state index contributed by atoms with van der Waals surface area (Å²) < 4.78 is 6.14. The summed E-state index contributed by atoms with van der Waals surface area (Å²) in [5.74, 6) is 0. The first-order valence-electron chi connectivity index (χ1n) is 8.48. The zero-order chi connectivity index (χ0) is 15.3. The highest BCUT2D eigenvalue weighted by atomic mass is 16.5. The monoisotopic (exact) mass is 289 g/mol. The third-order valence-electron chi connectivity index (χ3n) is 5.16. The van der Waals surface area contributed by atoms with Crippen LogP contribution in [0.15, 0.2) is 18.2 Å². The highest BCUT2D eigenvalue weighted by Gasteiger charge is 2.39. The minimum atomic E-state index is -0.0474. The highest BCUT2D eigenvalue weighted by molar-refractivity contribution is 5.33. The molecular formula is C19H31NO. The Bertz CT molecular complexity index is 447. The number of likely N-dealkylation sites (N-methyl/N-ethyl adjacent to an activating group) is 1. The maximum atomic E-state index is 6.14. The van der Waals surface area contributed by atoms with Gasteiger partial charge in [0.05, 0.1) is 11.6 Å². The minimum absolute atomic E-state index is 0.0474. The molecule has 1 saturated carbocycles. The molecule has 1 aromatic carbocycles. The van der Waals surface area contributed by atoms with E-state index in [1.165, 1.54) is 42.4 Å². The van der Waals surface area contributed by atoms with E-state index in [-0.39, 0.29) is 5.60 Å². The number of hydrogen-bond acceptors (Lipinski definition) is 2. The van der Waals surface area contributed by atoms with E-state index in [0.29, 0.717) is 6.04 Å². The number of rotatable bonds is 5. The molecule has 1 fully saturated rings. The van der Waals surface area contributed by atoms with Crippen molar-refractivity contribution in [3.8, 4) is 0 Å². The Kier molecular flexibility index (Phi) is 5.83. The van der Waals surface area contributed by atoms with Crippen LogP contribution in [0, 0.1) is 13.8 Å². The lowest BCUT2D eigenvalue weighted by Gasteiger charge is -2.40. The lowest BCUT2D eigenvalue weighted by molar-refractivity contribution is -0.0537. The molecule has 0 saturated heterocycles. The van der Waals surface area contributed by atoms with Crippen LogP contribution in [0.5, 0.6) is 0 Å². The number of nitrogens with one attached hydrogen (secondary N) is 1. The van der Waals surface area contributed by atoms with Crippen molar-refractivity contribution >= 4 is 0 Å². The molecule has 0 amide bonds. The number of ether oxygens (including phenoxy) is 1. The highest BCUT2D eigenvalue weighted by Crippen LogP contribution is 2.40. The summed E-state index contributed by atoms with van der Waals surface area (Å²) >= 11 is 0. The van der Waals surface area contributed by atoms with Gasteiger partial charge in [-0.3, -0.25) is 0 Å². The van der Waals surface area contributed by atoms with Gasteiger partial charge in [-0.1, -0.05) is 50.8 Å². The van der Waals surface area contributed by atoms with E-state index in [9.17, 15) is 0 Å². The second-order valence-electron chi connectivity index (χ2n) is 6.52. The minimum Gasteiger partial charge on any atom is -0.376 e. The fourth-order valence-electron chi connectivity index (χ4n) is 3.69. The first kappa shape index (κ1) is 16.5. The van der Waals surface area contributed by atoms with Gasteiger partial charge in [-0.25, -0.2) is 0 Å². The van der Waals surface area contributed by atoms with Crippen LogP contribution in [0.2, 0.25) is 0 Å². The largest absolute Gasteiger partial charge is 0.376 e. The molecule has 2 heteroatoms. The summed E-state index contributed by atoms with van der Waals surface area (Å²) in [6, 6.07) is 7.16. The van der Waals surface area contributed by atoms with Crippen molar-refractivity contribution in [2.45, 2.75) is 70.9 Å². The van der Waals surface area contributed by atoms with E-state index >= 15 is 0 Å². The average Bonchev–Trinajstić information content (AvgIpc) is 2.74. The summed E-state index contributed by atoms with van der Waals surface area (Å²) in [6.45, 7) is 7.55. The van der Waals surface area contributed by atoms with Crippen LogP contribution in [-0.2, 0) is 4.74 Å². The Morgan fingerprint density at radius 1 is 1.10 bits per heavy atom. The SMILES string of the molecule is CCNC(c1ccc(C)c(C)c1)C1(OC)CCCCCC1. The number of hydrogen-bond donors (Lipinski definition) is 1. The Balaban J connectivity index is 2.36. The van der Waals surface area contributed by atoms with Crippen LogP contribution in [0.25, 0.3) is 0 Å². The molecule has 1 aliphatic carbocycles. The van der Waals surface area contributed by atoms with E-state index in [1.807, 2.05) is 7.11 Å². The summed E-state index contributed by atoms with van der Waals surface area (Å²) in [4.78, 5) is 0. The normalized spacial score (nSPS) is 20.0. The van der Waals surface area contributed by atoms with E-state index in [0.717, 1.165) is 19.4 Å². The van der Waals surface area contributed by atoms with E-state index in [4.69, 9.17) is 4.74 Å². The molecule has 1 aromatic rings. The van der Waals surface area contributed by atoms with Crippen LogP contribution in [0.1, 0.15) is 68.2 Å². The summed E-state index contributed by atoms with van der Waals surface area (Å²) in [7, 11) is 1.90. The standard InChI is InChI=1S/C19H31NO/c1-5-20-18(17-11-10-15(2)16(3)14-17)19(21-4)12-8-6-7-9-13-19/h10-11,14,18,20H,5-9,12-13H2,1-4H3. The van der Waals surface area contributed by atoms with Gasteiger partial charge in [-0.05, 0) is 49.9 Å². The molecule has 118 valence electrons. The fraction of sp³-hybridized carbons (Fsp3) is 0.684. The molecule has 0 bridgehead atoms. The molecule has 1 aliphatic rings. The van der Waals surface area contributed by atoms with E-state index in [2.05, 4.69) is 44.3 Å². The molecule has 21 heavy (non-hydrogen) atoms. The van der Waals surface area contributed by atoms with E-state index < -0.39 is 0 Å². The van der Waals surface area contributed by atoms with Crippen molar-refractivity contribution in [3.05, 3.63) is 34.9 Å². The zero-order valence-corrected chi connectivity index (χ0v) is 14.2. The van der Waals surface area contributed by atoms with Gasteiger partial charge >= 0.3 is 0 Å². The molecule has 0 radical (unpaired) electrons. The van der Waals surface area contributed by atoms with Crippen LogP contribution < -0.4 is 5.32 Å². The van der Waals surface area contributed by atoms with Gasteiger partial charge in [-0.2, -0.15) is 0 Å². The topological polar surface area (TPSA) is 21.3 Å². The second kappa shape index (κ2) is 7.42. The average molecular weight is 289 g/mol. The van der Waals surface area contributed by atoms with Crippen molar-refractivity contribution in [2.24, 2.45) is 0 Å². The zero-order valence-electron chi connectivity index (χ0n) is 14.2. The lowest BCUT2D eigenvalue weighted by atomic mass is 9.81.